The van der Waals surface area contributed by atoms with Crippen LogP contribution in [0.5, 0.6) is 0 Å². The number of rotatable bonds is 7. The lowest BCUT2D eigenvalue weighted by Crippen LogP contribution is -2.25. The van der Waals surface area contributed by atoms with E-state index in [0.29, 0.717) is 11.0 Å². The van der Waals surface area contributed by atoms with E-state index in [-0.39, 0.29) is 23.8 Å². The zero-order valence-electron chi connectivity index (χ0n) is 15.4. The maximum absolute atomic E-state index is 13.7. The third-order valence-corrected chi connectivity index (χ3v) is 5.65. The van der Waals surface area contributed by atoms with Gasteiger partial charge in [0.05, 0.1) is 17.9 Å². The molecule has 0 bridgehead atoms. The van der Waals surface area contributed by atoms with Gasteiger partial charge in [0.15, 0.2) is 11.0 Å². The van der Waals surface area contributed by atoms with Gasteiger partial charge in [-0.2, -0.15) is 0 Å². The summed E-state index contributed by atoms with van der Waals surface area (Å²) in [5, 5.41) is 14.0. The normalized spacial score (nSPS) is 10.6. The van der Waals surface area contributed by atoms with Gasteiger partial charge in [0.1, 0.15) is 5.82 Å². The number of halogens is 2. The fraction of sp³-hybridized carbons (Fsp3) is 0.158. The Labute approximate surface area is 184 Å². The van der Waals surface area contributed by atoms with Crippen molar-refractivity contribution in [1.29, 1.82) is 0 Å². The van der Waals surface area contributed by atoms with Gasteiger partial charge in [-0.3, -0.25) is 9.59 Å². The fourth-order valence-corrected chi connectivity index (χ4v) is 3.47. The highest BCUT2D eigenvalue weighted by atomic mass is 127. The van der Waals surface area contributed by atoms with Crippen LogP contribution in [0.15, 0.2) is 53.7 Å². The van der Waals surface area contributed by atoms with E-state index in [1.165, 1.54) is 30.0 Å². The van der Waals surface area contributed by atoms with Gasteiger partial charge in [-0.05, 0) is 59.0 Å². The van der Waals surface area contributed by atoms with E-state index in [4.69, 9.17) is 0 Å². The second-order valence-electron chi connectivity index (χ2n) is 5.96. The first-order chi connectivity index (χ1) is 13.9. The van der Waals surface area contributed by atoms with Gasteiger partial charge in [0.25, 0.3) is 5.91 Å². The van der Waals surface area contributed by atoms with Crippen LogP contribution in [-0.4, -0.2) is 32.3 Å². The van der Waals surface area contributed by atoms with Crippen molar-refractivity contribution < 1.29 is 14.0 Å². The molecule has 0 saturated heterocycles. The predicted molar refractivity (Wildman–Crippen MR) is 117 cm³/mol. The van der Waals surface area contributed by atoms with Gasteiger partial charge in [-0.15, -0.1) is 10.2 Å². The average molecular weight is 525 g/mol. The molecule has 3 rings (SSSR count). The highest BCUT2D eigenvalue weighted by Gasteiger charge is 2.14. The van der Waals surface area contributed by atoms with Crippen LogP contribution in [0.25, 0.3) is 0 Å². The van der Waals surface area contributed by atoms with E-state index in [2.05, 4.69) is 43.4 Å². The van der Waals surface area contributed by atoms with Crippen LogP contribution in [0.3, 0.4) is 0 Å². The first-order valence-corrected chi connectivity index (χ1v) is 10.6. The molecule has 150 valence electrons. The number of anilines is 1. The van der Waals surface area contributed by atoms with Crippen molar-refractivity contribution in [3.05, 3.63) is 69.3 Å². The molecule has 0 atom stereocenters. The van der Waals surface area contributed by atoms with E-state index in [9.17, 15) is 14.0 Å². The van der Waals surface area contributed by atoms with Crippen molar-refractivity contribution in [1.82, 2.24) is 20.1 Å². The minimum absolute atomic E-state index is 0.0310. The Morgan fingerprint density at radius 3 is 2.59 bits per heavy atom. The molecule has 2 N–H and O–H groups in total. The molecule has 0 aliphatic rings. The van der Waals surface area contributed by atoms with E-state index < -0.39 is 11.7 Å². The van der Waals surface area contributed by atoms with E-state index >= 15 is 0 Å². The van der Waals surface area contributed by atoms with Crippen LogP contribution in [0.2, 0.25) is 0 Å². The van der Waals surface area contributed by atoms with Crippen molar-refractivity contribution >= 4 is 51.9 Å². The van der Waals surface area contributed by atoms with Crippen molar-refractivity contribution in [2.45, 2.75) is 11.7 Å². The predicted octanol–water partition coefficient (Wildman–Crippen LogP) is 3.22. The van der Waals surface area contributed by atoms with Crippen LogP contribution < -0.4 is 10.6 Å². The van der Waals surface area contributed by atoms with Gasteiger partial charge < -0.3 is 15.2 Å². The Morgan fingerprint density at radius 1 is 1.14 bits per heavy atom. The summed E-state index contributed by atoms with van der Waals surface area (Å²) in [5.74, 6) is -0.612. The van der Waals surface area contributed by atoms with Gasteiger partial charge in [0.2, 0.25) is 5.91 Å². The number of thioether (sulfide) groups is 1. The van der Waals surface area contributed by atoms with Gasteiger partial charge >= 0.3 is 0 Å². The third-order valence-electron chi connectivity index (χ3n) is 3.91. The van der Waals surface area contributed by atoms with E-state index in [1.54, 1.807) is 17.7 Å². The molecule has 0 fully saturated rings. The highest BCUT2D eigenvalue weighted by Crippen LogP contribution is 2.17. The van der Waals surface area contributed by atoms with E-state index in [0.717, 1.165) is 9.26 Å². The molecule has 2 amide bonds. The number of carbonyl (C=O) groups is 2. The molecule has 0 saturated carbocycles. The van der Waals surface area contributed by atoms with Gasteiger partial charge in [0, 0.05) is 16.3 Å². The molecule has 0 aliphatic carbocycles. The summed E-state index contributed by atoms with van der Waals surface area (Å²) in [5.41, 5.74) is 0.696. The van der Waals surface area contributed by atoms with Crippen LogP contribution in [-0.2, 0) is 18.4 Å². The monoisotopic (exact) mass is 525 g/mol. The number of hydrogen-bond donors (Lipinski definition) is 2. The zero-order chi connectivity index (χ0) is 20.8. The summed E-state index contributed by atoms with van der Waals surface area (Å²) in [6.07, 6.45) is 0. The zero-order valence-corrected chi connectivity index (χ0v) is 18.3. The number of amides is 2. The largest absolute Gasteiger partial charge is 0.345 e. The van der Waals surface area contributed by atoms with E-state index in [1.807, 2.05) is 24.3 Å². The lowest BCUT2D eigenvalue weighted by atomic mass is 10.2. The second-order valence-corrected chi connectivity index (χ2v) is 8.15. The summed E-state index contributed by atoms with van der Waals surface area (Å²) in [4.78, 5) is 24.2. The molecule has 1 aromatic heterocycles. The van der Waals surface area contributed by atoms with Crippen LogP contribution in [0.4, 0.5) is 10.1 Å². The Kier molecular flexibility index (Phi) is 7.20. The molecule has 0 aliphatic heterocycles. The van der Waals surface area contributed by atoms with Crippen molar-refractivity contribution in [2.24, 2.45) is 7.05 Å². The minimum Gasteiger partial charge on any atom is -0.345 e. The Balaban J connectivity index is 1.52. The molecule has 0 unspecified atom stereocenters. The molecule has 29 heavy (non-hydrogen) atoms. The first kappa shape index (κ1) is 21.2. The average Bonchev–Trinajstić information content (AvgIpc) is 3.06. The summed E-state index contributed by atoms with van der Waals surface area (Å²) in [6, 6.07) is 13.2. The van der Waals surface area contributed by atoms with Crippen molar-refractivity contribution in [2.75, 3.05) is 11.1 Å². The standard InChI is InChI=1S/C19H17FIN5O2S/c1-26-16(10-22-18(28)14-4-2-3-5-15(14)20)24-25-19(26)29-11-17(27)23-13-8-6-12(21)7-9-13/h2-9H,10-11H2,1H3,(H,22,28)(H,23,27). The molecule has 0 spiro atoms. The Morgan fingerprint density at radius 2 is 1.86 bits per heavy atom. The number of aromatic nitrogens is 3. The number of carbonyl (C=O) groups excluding carboxylic acids is 2. The summed E-state index contributed by atoms with van der Waals surface area (Å²) in [6.45, 7) is 0.0894. The summed E-state index contributed by atoms with van der Waals surface area (Å²) >= 11 is 3.43. The summed E-state index contributed by atoms with van der Waals surface area (Å²) in [7, 11) is 1.74. The van der Waals surface area contributed by atoms with Crippen LogP contribution in [0.1, 0.15) is 16.2 Å². The topological polar surface area (TPSA) is 88.9 Å². The highest BCUT2D eigenvalue weighted by molar-refractivity contribution is 14.1. The van der Waals surface area contributed by atoms with Crippen LogP contribution >= 0.6 is 34.4 Å². The number of nitrogens with zero attached hydrogens (tertiary/aromatic N) is 3. The maximum Gasteiger partial charge on any atom is 0.254 e. The molecular weight excluding hydrogens is 508 g/mol. The Bertz CT molecular complexity index is 1030. The third kappa shape index (κ3) is 5.76. The molecule has 10 heteroatoms. The smallest absolute Gasteiger partial charge is 0.254 e. The van der Waals surface area contributed by atoms with Crippen LogP contribution in [0, 0.1) is 9.39 Å². The second kappa shape index (κ2) is 9.83. The molecule has 2 aromatic carbocycles. The maximum atomic E-state index is 13.7. The van der Waals surface area contributed by atoms with Gasteiger partial charge in [-0.25, -0.2) is 4.39 Å². The lowest BCUT2D eigenvalue weighted by Gasteiger charge is -2.07. The van der Waals surface area contributed by atoms with Gasteiger partial charge in [-0.1, -0.05) is 23.9 Å². The molecule has 7 nitrogen and oxygen atoms in total. The minimum atomic E-state index is -0.585. The fourth-order valence-electron chi connectivity index (χ4n) is 2.38. The quantitative estimate of drug-likeness (QED) is 0.366. The molecule has 3 aromatic rings. The van der Waals surface area contributed by atoms with Crippen molar-refractivity contribution in [3.8, 4) is 0 Å². The van der Waals surface area contributed by atoms with Crippen molar-refractivity contribution in [3.63, 3.8) is 0 Å². The number of nitrogens with one attached hydrogen (secondary N) is 2. The number of hydrogen-bond acceptors (Lipinski definition) is 5. The Hall–Kier alpha value is -2.47. The SMILES string of the molecule is Cn1c(CNC(=O)c2ccccc2F)nnc1SCC(=O)Nc1ccc(I)cc1. The lowest BCUT2D eigenvalue weighted by molar-refractivity contribution is -0.113. The first-order valence-electron chi connectivity index (χ1n) is 8.53. The molecule has 0 radical (unpaired) electrons. The molecular formula is C19H17FIN5O2S. The molecule has 1 heterocycles. The number of benzene rings is 2. The summed E-state index contributed by atoms with van der Waals surface area (Å²) < 4.78 is 16.4.